The summed E-state index contributed by atoms with van der Waals surface area (Å²) in [5, 5.41) is 0. The van der Waals surface area contributed by atoms with Crippen molar-refractivity contribution >= 4 is 0 Å². The van der Waals surface area contributed by atoms with E-state index in [0.717, 1.165) is 6.54 Å². The molecule has 0 aliphatic heterocycles. The molecule has 0 heterocycles. The first-order valence-electron chi connectivity index (χ1n) is 13.2. The van der Waals surface area contributed by atoms with Crippen molar-refractivity contribution in [1.29, 1.82) is 0 Å². The van der Waals surface area contributed by atoms with Crippen molar-refractivity contribution in [3.63, 3.8) is 0 Å². The molecular formula is C30H63N. The molecule has 0 rings (SSSR count). The van der Waals surface area contributed by atoms with Crippen molar-refractivity contribution in [3.05, 3.63) is 0 Å². The molecule has 0 aliphatic rings. The van der Waals surface area contributed by atoms with Gasteiger partial charge in [-0.2, -0.15) is 0 Å². The van der Waals surface area contributed by atoms with E-state index in [1.165, 1.54) is 25.7 Å². The molecule has 0 aromatic rings. The molecule has 3 atom stereocenters. The first-order valence-corrected chi connectivity index (χ1v) is 13.2. The van der Waals surface area contributed by atoms with Crippen LogP contribution in [0.5, 0.6) is 0 Å². The Balaban J connectivity index is 6.20. The molecule has 0 amide bonds. The third-order valence-electron chi connectivity index (χ3n) is 9.94. The number of hydrogen-bond acceptors (Lipinski definition) is 1. The van der Waals surface area contributed by atoms with Crippen LogP contribution < -0.4 is 5.73 Å². The maximum Gasteiger partial charge on any atom is -0.00484 e. The maximum atomic E-state index is 6.26. The molecule has 1 heteroatoms. The Kier molecular flexibility index (Phi) is 10.1. The molecule has 3 unspecified atom stereocenters. The van der Waals surface area contributed by atoms with Crippen molar-refractivity contribution in [2.24, 2.45) is 56.0 Å². The van der Waals surface area contributed by atoms with E-state index < -0.39 is 0 Å². The van der Waals surface area contributed by atoms with Crippen LogP contribution >= 0.6 is 0 Å². The lowest BCUT2D eigenvalue weighted by atomic mass is 9.43. The van der Waals surface area contributed by atoms with Crippen LogP contribution in [0.3, 0.4) is 0 Å². The van der Waals surface area contributed by atoms with Gasteiger partial charge < -0.3 is 5.73 Å². The Morgan fingerprint density at radius 1 is 0.645 bits per heavy atom. The molecule has 1 nitrogen and oxygen atoms in total. The molecule has 0 aromatic heterocycles. The Hall–Kier alpha value is -0.0400. The summed E-state index contributed by atoms with van der Waals surface area (Å²) >= 11 is 0. The first kappa shape index (κ1) is 31.0. The summed E-state index contributed by atoms with van der Waals surface area (Å²) < 4.78 is 0. The molecule has 0 bridgehead atoms. The monoisotopic (exact) mass is 437 g/mol. The third kappa shape index (κ3) is 6.97. The summed E-state index contributed by atoms with van der Waals surface area (Å²) in [6, 6.07) is 0. The second kappa shape index (κ2) is 10.1. The maximum absolute atomic E-state index is 6.26. The minimum atomic E-state index is 0.170. The van der Waals surface area contributed by atoms with E-state index in [1.54, 1.807) is 0 Å². The van der Waals surface area contributed by atoms with Gasteiger partial charge in [-0.1, -0.05) is 124 Å². The minimum Gasteiger partial charge on any atom is -0.330 e. The first-order chi connectivity index (χ1) is 13.5. The van der Waals surface area contributed by atoms with Gasteiger partial charge in [0, 0.05) is 0 Å². The van der Waals surface area contributed by atoms with Crippen LogP contribution in [0.25, 0.3) is 0 Å². The normalized spacial score (nSPS) is 18.1. The smallest absolute Gasteiger partial charge is 0.00484 e. The van der Waals surface area contributed by atoms with Crippen LogP contribution in [0.4, 0.5) is 0 Å². The average Bonchev–Trinajstić information content (AvgIpc) is 2.51. The lowest BCUT2D eigenvalue weighted by molar-refractivity contribution is -0.131. The van der Waals surface area contributed by atoms with Gasteiger partial charge in [-0.3, -0.25) is 0 Å². The summed E-state index contributed by atoms with van der Waals surface area (Å²) in [7, 11) is 0. The lowest BCUT2D eigenvalue weighted by Crippen LogP contribution is -2.56. The summed E-state index contributed by atoms with van der Waals surface area (Å²) in [6.45, 7) is 40.3. The Bertz CT molecular complexity index is 536. The number of hydrogen-bond donors (Lipinski definition) is 1. The zero-order valence-corrected chi connectivity index (χ0v) is 24.8. The van der Waals surface area contributed by atoms with Gasteiger partial charge >= 0.3 is 0 Å². The van der Waals surface area contributed by atoms with Crippen LogP contribution in [-0.2, 0) is 0 Å². The van der Waals surface area contributed by atoms with Crippen molar-refractivity contribution < 1.29 is 0 Å². The average molecular weight is 438 g/mol. The van der Waals surface area contributed by atoms with Gasteiger partial charge in [-0.25, -0.2) is 0 Å². The van der Waals surface area contributed by atoms with Crippen molar-refractivity contribution in [3.8, 4) is 0 Å². The van der Waals surface area contributed by atoms with E-state index in [4.69, 9.17) is 5.73 Å². The highest BCUT2D eigenvalue weighted by Crippen LogP contribution is 2.63. The molecular weight excluding hydrogens is 374 g/mol. The predicted octanol–water partition coefficient (Wildman–Crippen LogP) is 9.59. The highest BCUT2D eigenvalue weighted by Gasteiger charge is 2.56. The predicted molar refractivity (Wildman–Crippen MR) is 143 cm³/mol. The lowest BCUT2D eigenvalue weighted by Gasteiger charge is -2.62. The van der Waals surface area contributed by atoms with Crippen LogP contribution in [0, 0.1) is 50.2 Å². The summed E-state index contributed by atoms with van der Waals surface area (Å²) in [4.78, 5) is 0. The second-order valence-corrected chi connectivity index (χ2v) is 15.5. The molecule has 0 spiro atoms. The SMILES string of the molecule is CCC(C(C)(C)C(C)(C)CCCC(C)(C)C)C(C)(C)C(C)(C)C(C(C)CN)C(C)(C)C. The molecule has 0 saturated carbocycles. The van der Waals surface area contributed by atoms with E-state index in [9.17, 15) is 0 Å². The molecule has 0 aliphatic carbocycles. The van der Waals surface area contributed by atoms with E-state index in [1.807, 2.05) is 0 Å². The fourth-order valence-electron chi connectivity index (χ4n) is 7.41. The quantitative estimate of drug-likeness (QED) is 0.342. The molecule has 2 N–H and O–H groups in total. The van der Waals surface area contributed by atoms with Crippen molar-refractivity contribution in [2.45, 2.75) is 136 Å². The Morgan fingerprint density at radius 3 is 1.42 bits per heavy atom. The van der Waals surface area contributed by atoms with Gasteiger partial charge in [0.1, 0.15) is 0 Å². The van der Waals surface area contributed by atoms with Gasteiger partial charge in [0.05, 0.1) is 0 Å². The van der Waals surface area contributed by atoms with Gasteiger partial charge in [-0.15, -0.1) is 0 Å². The molecule has 0 aromatic carbocycles. The van der Waals surface area contributed by atoms with Crippen LogP contribution in [0.15, 0.2) is 0 Å². The van der Waals surface area contributed by atoms with Crippen molar-refractivity contribution in [2.75, 3.05) is 6.54 Å². The van der Waals surface area contributed by atoms with E-state index >= 15 is 0 Å². The number of rotatable bonds is 11. The molecule has 188 valence electrons. The third-order valence-corrected chi connectivity index (χ3v) is 9.94. The zero-order chi connectivity index (χ0) is 25.3. The fraction of sp³-hybridized carbons (Fsp3) is 1.00. The van der Waals surface area contributed by atoms with Gasteiger partial charge in [0.2, 0.25) is 0 Å². The zero-order valence-electron chi connectivity index (χ0n) is 24.8. The van der Waals surface area contributed by atoms with Crippen LogP contribution in [-0.4, -0.2) is 6.54 Å². The van der Waals surface area contributed by atoms with Crippen LogP contribution in [0.2, 0.25) is 0 Å². The summed E-state index contributed by atoms with van der Waals surface area (Å²) in [5.74, 6) is 1.71. The number of nitrogens with two attached hydrogens (primary N) is 1. The molecule has 0 radical (unpaired) electrons. The Labute approximate surface area is 199 Å². The van der Waals surface area contributed by atoms with Crippen LogP contribution in [0.1, 0.15) is 136 Å². The van der Waals surface area contributed by atoms with E-state index in [-0.39, 0.29) is 21.7 Å². The topological polar surface area (TPSA) is 26.0 Å². The largest absolute Gasteiger partial charge is 0.330 e. The highest BCUT2D eigenvalue weighted by atomic mass is 14.6. The van der Waals surface area contributed by atoms with Crippen molar-refractivity contribution in [1.82, 2.24) is 0 Å². The summed E-state index contributed by atoms with van der Waals surface area (Å²) in [5.41, 5.74) is 7.81. The molecule has 31 heavy (non-hydrogen) atoms. The standard InChI is InChI=1S/C30H63N/c1-17-23(28(11,12)27(9,10)20-18-19-25(3,4)5)29(13,14)30(15,16)24(22(2)21-31)26(6,7)8/h22-24H,17-21,31H2,1-16H3. The Morgan fingerprint density at radius 2 is 1.10 bits per heavy atom. The minimum absolute atomic E-state index is 0.170. The molecule has 0 saturated heterocycles. The van der Waals surface area contributed by atoms with E-state index in [2.05, 4.69) is 111 Å². The molecule has 0 fully saturated rings. The highest BCUT2D eigenvalue weighted by molar-refractivity contribution is 5.05. The van der Waals surface area contributed by atoms with Gasteiger partial charge in [0.25, 0.3) is 0 Å². The fourth-order valence-corrected chi connectivity index (χ4v) is 7.41. The second-order valence-electron chi connectivity index (χ2n) is 15.5. The summed E-state index contributed by atoms with van der Waals surface area (Å²) in [6.07, 6.45) is 5.14. The van der Waals surface area contributed by atoms with Gasteiger partial charge in [0.15, 0.2) is 0 Å². The van der Waals surface area contributed by atoms with E-state index in [0.29, 0.717) is 28.6 Å². The van der Waals surface area contributed by atoms with Gasteiger partial charge in [-0.05, 0) is 69.6 Å².